The van der Waals surface area contributed by atoms with Crippen LogP contribution in [0.3, 0.4) is 0 Å². The van der Waals surface area contributed by atoms with Gasteiger partial charge in [-0.1, -0.05) is 44.0 Å². The van der Waals surface area contributed by atoms with E-state index in [1.54, 1.807) is 24.4 Å². The number of thiocarbonyl (C=S) groups is 1. The summed E-state index contributed by atoms with van der Waals surface area (Å²) in [5, 5.41) is 12.4. The third-order valence-corrected chi connectivity index (χ3v) is 4.23. The Morgan fingerprint density at radius 3 is 2.65 bits per heavy atom. The first-order valence-corrected chi connectivity index (χ1v) is 8.42. The van der Waals surface area contributed by atoms with Crippen LogP contribution in [-0.4, -0.2) is 20.9 Å². The number of nitrogens with one attached hydrogen (secondary N) is 2. The highest BCUT2D eigenvalue weighted by Crippen LogP contribution is 2.26. The highest BCUT2D eigenvalue weighted by atomic mass is 35.5. The molecule has 2 aromatic rings. The van der Waals surface area contributed by atoms with Crippen LogP contribution in [0.1, 0.15) is 20.8 Å². The van der Waals surface area contributed by atoms with Gasteiger partial charge in [0.2, 0.25) is 0 Å². The molecule has 1 aromatic heterocycles. The lowest BCUT2D eigenvalue weighted by atomic mass is 9.87. The number of hydrogen-bond acceptors (Lipinski definition) is 2. The molecule has 124 valence electrons. The number of rotatable bonds is 4. The summed E-state index contributed by atoms with van der Waals surface area (Å²) in [6.07, 6.45) is 3.71. The molecule has 1 heterocycles. The Kier molecular flexibility index (Phi) is 5.89. The molecule has 0 aliphatic heterocycles. The summed E-state index contributed by atoms with van der Waals surface area (Å²) in [7, 11) is 0. The fourth-order valence-electron chi connectivity index (χ4n) is 2.04. The Labute approximate surface area is 152 Å². The molecular weight excluding hydrogens is 351 g/mol. The standard InChI is InChI=1S/C16H20Cl2N4S/c1-16(2,3)14(10-22-8-4-7-19-22)21-15(23)20-13-6-5-11(17)9-12(13)18/h4-9,14H,10H2,1-3H3,(H2,20,21,23)/t14-/m1/s1. The van der Waals surface area contributed by atoms with Gasteiger partial charge in [0.1, 0.15) is 0 Å². The summed E-state index contributed by atoms with van der Waals surface area (Å²) >= 11 is 17.5. The largest absolute Gasteiger partial charge is 0.357 e. The molecule has 23 heavy (non-hydrogen) atoms. The van der Waals surface area contributed by atoms with Gasteiger partial charge in [-0.2, -0.15) is 5.10 Å². The van der Waals surface area contributed by atoms with Gasteiger partial charge in [0.25, 0.3) is 0 Å². The Morgan fingerprint density at radius 1 is 1.35 bits per heavy atom. The fourth-order valence-corrected chi connectivity index (χ4v) is 2.75. The van der Waals surface area contributed by atoms with E-state index < -0.39 is 0 Å². The summed E-state index contributed by atoms with van der Waals surface area (Å²) in [5.74, 6) is 0. The van der Waals surface area contributed by atoms with Gasteiger partial charge in [-0.05, 0) is 41.9 Å². The molecule has 2 N–H and O–H groups in total. The summed E-state index contributed by atoms with van der Waals surface area (Å²) < 4.78 is 1.89. The average Bonchev–Trinajstić information content (AvgIpc) is 2.93. The molecule has 0 aliphatic carbocycles. The maximum absolute atomic E-state index is 6.17. The maximum atomic E-state index is 6.17. The zero-order valence-electron chi connectivity index (χ0n) is 13.3. The van der Waals surface area contributed by atoms with Gasteiger partial charge in [-0.15, -0.1) is 0 Å². The van der Waals surface area contributed by atoms with E-state index >= 15 is 0 Å². The summed E-state index contributed by atoms with van der Waals surface area (Å²) in [4.78, 5) is 0. The van der Waals surface area contributed by atoms with Crippen LogP contribution >= 0.6 is 35.4 Å². The summed E-state index contributed by atoms with van der Waals surface area (Å²) in [6, 6.07) is 7.26. The van der Waals surface area contributed by atoms with Crippen molar-refractivity contribution in [2.45, 2.75) is 33.4 Å². The molecule has 7 heteroatoms. The molecule has 2 rings (SSSR count). The average molecular weight is 371 g/mol. The second-order valence-electron chi connectivity index (χ2n) is 6.37. The van der Waals surface area contributed by atoms with Crippen molar-refractivity contribution in [1.29, 1.82) is 0 Å². The first-order chi connectivity index (χ1) is 10.8. The molecule has 0 saturated carbocycles. The van der Waals surface area contributed by atoms with E-state index in [1.807, 2.05) is 16.9 Å². The van der Waals surface area contributed by atoms with E-state index in [2.05, 4.69) is 36.5 Å². The van der Waals surface area contributed by atoms with Crippen LogP contribution in [0, 0.1) is 5.41 Å². The van der Waals surface area contributed by atoms with Crippen molar-refractivity contribution in [3.05, 3.63) is 46.7 Å². The van der Waals surface area contributed by atoms with Gasteiger partial charge in [0, 0.05) is 17.4 Å². The third kappa shape index (κ3) is 5.37. The number of anilines is 1. The first-order valence-electron chi connectivity index (χ1n) is 7.26. The molecular formula is C16H20Cl2N4S. The highest BCUT2D eigenvalue weighted by Gasteiger charge is 2.26. The second-order valence-corrected chi connectivity index (χ2v) is 7.62. The molecule has 0 fully saturated rings. The molecule has 0 unspecified atom stereocenters. The summed E-state index contributed by atoms with van der Waals surface area (Å²) in [6.45, 7) is 7.19. The van der Waals surface area contributed by atoms with Gasteiger partial charge >= 0.3 is 0 Å². The Bertz CT molecular complexity index is 665. The van der Waals surface area contributed by atoms with Crippen molar-refractivity contribution < 1.29 is 0 Å². The predicted molar refractivity (Wildman–Crippen MR) is 101 cm³/mol. The normalized spacial score (nSPS) is 12.7. The minimum atomic E-state index is 0.00147. The number of nitrogens with zero attached hydrogens (tertiary/aromatic N) is 2. The fraction of sp³-hybridized carbons (Fsp3) is 0.375. The van der Waals surface area contributed by atoms with E-state index in [0.717, 1.165) is 5.69 Å². The molecule has 0 amide bonds. The zero-order valence-corrected chi connectivity index (χ0v) is 15.6. The predicted octanol–water partition coefficient (Wildman–Crippen LogP) is 4.59. The van der Waals surface area contributed by atoms with E-state index in [-0.39, 0.29) is 11.5 Å². The summed E-state index contributed by atoms with van der Waals surface area (Å²) in [5.41, 5.74) is 0.724. The SMILES string of the molecule is CC(C)(C)[C@@H](Cn1cccn1)NC(=S)Nc1ccc(Cl)cc1Cl. The van der Waals surface area contributed by atoms with Gasteiger partial charge in [-0.3, -0.25) is 4.68 Å². The third-order valence-electron chi connectivity index (χ3n) is 3.46. The Morgan fingerprint density at radius 2 is 2.09 bits per heavy atom. The van der Waals surface area contributed by atoms with Crippen molar-refractivity contribution in [3.8, 4) is 0 Å². The molecule has 0 spiro atoms. The van der Waals surface area contributed by atoms with Crippen LogP contribution in [0.2, 0.25) is 10.0 Å². The molecule has 0 aliphatic rings. The van der Waals surface area contributed by atoms with Crippen LogP contribution in [0.4, 0.5) is 5.69 Å². The maximum Gasteiger partial charge on any atom is 0.171 e. The lowest BCUT2D eigenvalue weighted by molar-refractivity contribution is 0.262. The Balaban J connectivity index is 2.05. The quantitative estimate of drug-likeness (QED) is 0.772. The van der Waals surface area contributed by atoms with Gasteiger partial charge < -0.3 is 10.6 Å². The number of aromatic nitrogens is 2. The van der Waals surface area contributed by atoms with Gasteiger partial charge in [-0.25, -0.2) is 0 Å². The highest BCUT2D eigenvalue weighted by molar-refractivity contribution is 7.80. The second kappa shape index (κ2) is 7.51. The van der Waals surface area contributed by atoms with Crippen molar-refractivity contribution in [1.82, 2.24) is 15.1 Å². The smallest absolute Gasteiger partial charge is 0.171 e. The molecule has 4 nitrogen and oxygen atoms in total. The van der Waals surface area contributed by atoms with E-state index in [9.17, 15) is 0 Å². The van der Waals surface area contributed by atoms with Crippen LogP contribution in [0.25, 0.3) is 0 Å². The number of halogens is 2. The van der Waals surface area contributed by atoms with Crippen molar-refractivity contribution in [2.75, 3.05) is 5.32 Å². The van der Waals surface area contributed by atoms with Crippen molar-refractivity contribution in [3.63, 3.8) is 0 Å². The van der Waals surface area contributed by atoms with Crippen LogP contribution < -0.4 is 10.6 Å². The molecule has 0 radical (unpaired) electrons. The number of hydrogen-bond donors (Lipinski definition) is 2. The van der Waals surface area contributed by atoms with E-state index in [1.165, 1.54) is 0 Å². The van der Waals surface area contributed by atoms with E-state index in [0.29, 0.717) is 21.7 Å². The van der Waals surface area contributed by atoms with Gasteiger partial charge in [0.15, 0.2) is 5.11 Å². The van der Waals surface area contributed by atoms with Crippen molar-refractivity contribution >= 4 is 46.2 Å². The van der Waals surface area contributed by atoms with Gasteiger partial charge in [0.05, 0.1) is 23.3 Å². The molecule has 0 saturated heterocycles. The first kappa shape index (κ1) is 18.0. The van der Waals surface area contributed by atoms with Crippen LogP contribution in [0.15, 0.2) is 36.7 Å². The lowest BCUT2D eigenvalue weighted by Gasteiger charge is -2.32. The molecule has 0 bridgehead atoms. The monoisotopic (exact) mass is 370 g/mol. The zero-order chi connectivity index (χ0) is 17.0. The minimum absolute atomic E-state index is 0.00147. The van der Waals surface area contributed by atoms with Crippen LogP contribution in [0.5, 0.6) is 0 Å². The lowest BCUT2D eigenvalue weighted by Crippen LogP contribution is -2.48. The molecule has 1 aromatic carbocycles. The number of benzene rings is 1. The van der Waals surface area contributed by atoms with E-state index in [4.69, 9.17) is 35.4 Å². The molecule has 1 atom stereocenters. The van der Waals surface area contributed by atoms with Crippen LogP contribution in [-0.2, 0) is 6.54 Å². The Hall–Kier alpha value is -1.30. The topological polar surface area (TPSA) is 41.9 Å². The van der Waals surface area contributed by atoms with Crippen molar-refractivity contribution in [2.24, 2.45) is 5.41 Å². The minimum Gasteiger partial charge on any atom is -0.357 e.